The van der Waals surface area contributed by atoms with Gasteiger partial charge in [-0.2, -0.15) is 0 Å². The summed E-state index contributed by atoms with van der Waals surface area (Å²) < 4.78 is 5.15. The minimum atomic E-state index is 0.528. The molecule has 2 rings (SSSR count). The highest BCUT2D eigenvalue weighted by atomic mass is 16.4. The van der Waals surface area contributed by atoms with Gasteiger partial charge in [-0.3, -0.25) is 0 Å². The van der Waals surface area contributed by atoms with Crippen molar-refractivity contribution in [2.75, 3.05) is 18.0 Å². The lowest BCUT2D eigenvalue weighted by Gasteiger charge is -2.21. The summed E-state index contributed by atoms with van der Waals surface area (Å²) in [6, 6.07) is 7.96. The zero-order chi connectivity index (χ0) is 12.8. The highest BCUT2D eigenvalue weighted by Gasteiger charge is 2.06. The summed E-state index contributed by atoms with van der Waals surface area (Å²) in [6.07, 6.45) is 5.07. The van der Waals surface area contributed by atoms with Crippen LogP contribution in [0.25, 0.3) is 11.5 Å². The van der Waals surface area contributed by atoms with Crippen LogP contribution in [0.15, 0.2) is 60.4 Å². The van der Waals surface area contributed by atoms with E-state index in [1.807, 2.05) is 36.4 Å². The van der Waals surface area contributed by atoms with Crippen molar-refractivity contribution in [2.24, 2.45) is 0 Å². The molecule has 1 aromatic carbocycles. The van der Waals surface area contributed by atoms with Gasteiger partial charge in [0.2, 0.25) is 12.3 Å². The summed E-state index contributed by atoms with van der Waals surface area (Å²) in [7, 11) is 0. The van der Waals surface area contributed by atoms with Gasteiger partial charge in [0.25, 0.3) is 0 Å². The Bertz CT molecular complexity index is 492. The fourth-order valence-corrected chi connectivity index (χ4v) is 1.71. The second-order valence-corrected chi connectivity index (χ2v) is 3.77. The summed E-state index contributed by atoms with van der Waals surface area (Å²) in [5.41, 5.74) is 2.02. The molecule has 0 atom stereocenters. The van der Waals surface area contributed by atoms with E-state index in [4.69, 9.17) is 4.42 Å². The molecule has 1 heterocycles. The van der Waals surface area contributed by atoms with E-state index in [-0.39, 0.29) is 0 Å². The van der Waals surface area contributed by atoms with Crippen LogP contribution in [0.3, 0.4) is 0 Å². The molecule has 18 heavy (non-hydrogen) atoms. The number of anilines is 1. The number of hydrogen-bond acceptors (Lipinski definition) is 4. The molecule has 0 unspecified atom stereocenters. The van der Waals surface area contributed by atoms with Crippen LogP contribution in [0.2, 0.25) is 0 Å². The molecule has 0 saturated heterocycles. The van der Waals surface area contributed by atoms with E-state index in [9.17, 15) is 0 Å². The first-order chi connectivity index (χ1) is 8.85. The van der Waals surface area contributed by atoms with E-state index in [0.717, 1.165) is 24.3 Å². The van der Waals surface area contributed by atoms with E-state index in [0.29, 0.717) is 5.89 Å². The standard InChI is InChI=1S/C14H15N3O/c1-3-9-17(10-4-2)13-7-5-12(6-8-13)14-16-15-11-18-14/h3-8,11H,1-2,9-10H2. The predicted octanol–water partition coefficient (Wildman–Crippen LogP) is 2.92. The summed E-state index contributed by atoms with van der Waals surface area (Å²) in [4.78, 5) is 2.16. The molecular formula is C14H15N3O. The maximum Gasteiger partial charge on any atom is 0.247 e. The van der Waals surface area contributed by atoms with Gasteiger partial charge < -0.3 is 9.32 Å². The van der Waals surface area contributed by atoms with Crippen LogP contribution in [-0.2, 0) is 0 Å². The summed E-state index contributed by atoms with van der Waals surface area (Å²) in [5, 5.41) is 7.53. The van der Waals surface area contributed by atoms with E-state index in [2.05, 4.69) is 28.3 Å². The first-order valence-corrected chi connectivity index (χ1v) is 5.68. The molecular weight excluding hydrogens is 226 g/mol. The van der Waals surface area contributed by atoms with E-state index < -0.39 is 0 Å². The van der Waals surface area contributed by atoms with Crippen LogP contribution in [0.1, 0.15) is 0 Å². The first-order valence-electron chi connectivity index (χ1n) is 5.68. The summed E-state index contributed by atoms with van der Waals surface area (Å²) in [5.74, 6) is 0.528. The van der Waals surface area contributed by atoms with E-state index >= 15 is 0 Å². The van der Waals surface area contributed by atoms with Crippen molar-refractivity contribution in [3.05, 3.63) is 56.0 Å². The molecule has 0 amide bonds. The highest BCUT2D eigenvalue weighted by Crippen LogP contribution is 2.21. The molecule has 0 aliphatic rings. The van der Waals surface area contributed by atoms with Gasteiger partial charge in [-0.05, 0) is 24.3 Å². The third kappa shape index (κ3) is 2.66. The lowest BCUT2D eigenvalue weighted by molar-refractivity contribution is 0.568. The highest BCUT2D eigenvalue weighted by molar-refractivity contribution is 5.59. The molecule has 0 aliphatic carbocycles. The Kier molecular flexibility index (Phi) is 3.91. The van der Waals surface area contributed by atoms with Gasteiger partial charge in [-0.25, -0.2) is 0 Å². The minimum Gasteiger partial charge on any atom is -0.423 e. The fraction of sp³-hybridized carbons (Fsp3) is 0.143. The molecule has 0 spiro atoms. The number of nitrogens with zero attached hydrogens (tertiary/aromatic N) is 3. The van der Waals surface area contributed by atoms with Gasteiger partial charge >= 0.3 is 0 Å². The maximum absolute atomic E-state index is 5.15. The Balaban J connectivity index is 2.20. The van der Waals surface area contributed by atoms with Crippen LogP contribution < -0.4 is 4.90 Å². The number of benzene rings is 1. The third-order valence-electron chi connectivity index (χ3n) is 2.54. The van der Waals surface area contributed by atoms with Gasteiger partial charge in [-0.1, -0.05) is 12.2 Å². The normalized spacial score (nSPS) is 10.0. The molecule has 2 aromatic rings. The molecule has 92 valence electrons. The second-order valence-electron chi connectivity index (χ2n) is 3.77. The van der Waals surface area contributed by atoms with Gasteiger partial charge in [0.05, 0.1) is 0 Å². The number of rotatable bonds is 6. The quantitative estimate of drug-likeness (QED) is 0.729. The van der Waals surface area contributed by atoms with Crippen molar-refractivity contribution < 1.29 is 4.42 Å². The average molecular weight is 241 g/mol. The monoisotopic (exact) mass is 241 g/mol. The van der Waals surface area contributed by atoms with Crippen molar-refractivity contribution in [1.29, 1.82) is 0 Å². The Hall–Kier alpha value is -2.36. The van der Waals surface area contributed by atoms with Gasteiger partial charge in [-0.15, -0.1) is 23.4 Å². The molecule has 0 fully saturated rings. The maximum atomic E-state index is 5.15. The molecule has 4 nitrogen and oxygen atoms in total. The lowest BCUT2D eigenvalue weighted by atomic mass is 10.2. The SMILES string of the molecule is C=CCN(CC=C)c1ccc(-c2nnco2)cc1. The van der Waals surface area contributed by atoms with Crippen LogP contribution in [0.5, 0.6) is 0 Å². The van der Waals surface area contributed by atoms with Gasteiger partial charge in [0.15, 0.2) is 0 Å². The van der Waals surface area contributed by atoms with Crippen LogP contribution >= 0.6 is 0 Å². The molecule has 1 aromatic heterocycles. The minimum absolute atomic E-state index is 0.528. The second kappa shape index (κ2) is 5.82. The Morgan fingerprint density at radius 2 is 1.78 bits per heavy atom. The molecule has 0 aliphatic heterocycles. The number of aromatic nitrogens is 2. The largest absolute Gasteiger partial charge is 0.423 e. The number of hydrogen-bond donors (Lipinski definition) is 0. The van der Waals surface area contributed by atoms with E-state index in [1.54, 1.807) is 0 Å². The molecule has 0 radical (unpaired) electrons. The average Bonchev–Trinajstić information content (AvgIpc) is 2.93. The van der Waals surface area contributed by atoms with E-state index in [1.165, 1.54) is 6.39 Å². The molecule has 0 bridgehead atoms. The molecule has 4 heteroatoms. The zero-order valence-electron chi connectivity index (χ0n) is 10.1. The first kappa shape index (κ1) is 12.1. The lowest BCUT2D eigenvalue weighted by Crippen LogP contribution is -2.22. The summed E-state index contributed by atoms with van der Waals surface area (Å²) in [6.45, 7) is 9.08. The van der Waals surface area contributed by atoms with Crippen molar-refractivity contribution >= 4 is 5.69 Å². The molecule has 0 N–H and O–H groups in total. The van der Waals surface area contributed by atoms with Gasteiger partial charge in [0, 0.05) is 24.3 Å². The topological polar surface area (TPSA) is 42.2 Å². The van der Waals surface area contributed by atoms with Crippen molar-refractivity contribution in [1.82, 2.24) is 10.2 Å². The Morgan fingerprint density at radius 3 is 2.28 bits per heavy atom. The Labute approximate surface area is 106 Å². The van der Waals surface area contributed by atoms with Gasteiger partial charge in [0.1, 0.15) is 0 Å². The van der Waals surface area contributed by atoms with Crippen LogP contribution in [0, 0.1) is 0 Å². The fourth-order valence-electron chi connectivity index (χ4n) is 1.71. The smallest absolute Gasteiger partial charge is 0.247 e. The summed E-state index contributed by atoms with van der Waals surface area (Å²) >= 11 is 0. The van der Waals surface area contributed by atoms with Crippen LogP contribution in [0.4, 0.5) is 5.69 Å². The third-order valence-corrected chi connectivity index (χ3v) is 2.54. The zero-order valence-corrected chi connectivity index (χ0v) is 10.1. The Morgan fingerprint density at radius 1 is 1.11 bits per heavy atom. The predicted molar refractivity (Wildman–Crippen MR) is 72.3 cm³/mol. The van der Waals surface area contributed by atoms with Crippen molar-refractivity contribution in [3.8, 4) is 11.5 Å². The van der Waals surface area contributed by atoms with Crippen molar-refractivity contribution in [2.45, 2.75) is 0 Å². The molecule has 0 saturated carbocycles. The van der Waals surface area contributed by atoms with Crippen molar-refractivity contribution in [3.63, 3.8) is 0 Å². The van der Waals surface area contributed by atoms with Crippen LogP contribution in [-0.4, -0.2) is 23.3 Å².